The molecule has 0 aliphatic carbocycles. The molecule has 0 bridgehead atoms. The van der Waals surface area contributed by atoms with E-state index in [4.69, 9.17) is 4.74 Å². The zero-order valence-electron chi connectivity index (χ0n) is 16.9. The molecule has 0 aromatic heterocycles. The number of phenolic OH excluding ortho intramolecular Hbond substituents is 1. The van der Waals surface area contributed by atoms with Crippen LogP contribution in [0.25, 0.3) is 6.08 Å². The van der Waals surface area contributed by atoms with Crippen LogP contribution in [0.2, 0.25) is 0 Å². The van der Waals surface area contributed by atoms with Crippen molar-refractivity contribution in [1.82, 2.24) is 5.32 Å². The number of rotatable bonds is 5. The van der Waals surface area contributed by atoms with Gasteiger partial charge < -0.3 is 9.84 Å². The number of barbiturate groups is 1. The second-order valence-corrected chi connectivity index (χ2v) is 8.90. The molecule has 7 nitrogen and oxygen atoms in total. The fourth-order valence-corrected chi connectivity index (χ4v) is 3.80. The van der Waals surface area contributed by atoms with Gasteiger partial charge in [0.2, 0.25) is 0 Å². The Morgan fingerprint density at radius 2 is 1.58 bits per heavy atom. The van der Waals surface area contributed by atoms with Gasteiger partial charge in [-0.2, -0.15) is 0 Å². The molecule has 3 aromatic rings. The van der Waals surface area contributed by atoms with Crippen molar-refractivity contribution in [2.75, 3.05) is 4.90 Å². The van der Waals surface area contributed by atoms with Crippen molar-refractivity contribution in [3.63, 3.8) is 0 Å². The summed E-state index contributed by atoms with van der Waals surface area (Å²) >= 11 is 6.79. The average Bonchev–Trinajstić information content (AvgIpc) is 2.78. The monoisotopic (exact) mass is 570 g/mol. The summed E-state index contributed by atoms with van der Waals surface area (Å²) < 4.78 is 7.62. The topological polar surface area (TPSA) is 95.9 Å². The van der Waals surface area contributed by atoms with Crippen LogP contribution in [0.5, 0.6) is 11.5 Å². The summed E-state index contributed by atoms with van der Waals surface area (Å²) in [5.41, 5.74) is 1.42. The molecule has 1 saturated heterocycles. The normalized spacial score (nSPS) is 15.0. The minimum absolute atomic E-state index is 0.0165. The molecule has 9 heteroatoms. The molecule has 0 unspecified atom stereocenters. The first kappa shape index (κ1) is 22.8. The second-order valence-electron chi connectivity index (χ2n) is 7.07. The number of anilines is 1. The third-order valence-electron chi connectivity index (χ3n) is 4.79. The number of imide groups is 2. The van der Waals surface area contributed by atoms with Crippen LogP contribution in [0, 0.1) is 0 Å². The Labute approximate surface area is 205 Å². The van der Waals surface area contributed by atoms with Crippen LogP contribution < -0.4 is 15.0 Å². The van der Waals surface area contributed by atoms with Crippen LogP contribution in [-0.2, 0) is 16.2 Å². The molecule has 2 N–H and O–H groups in total. The lowest BCUT2D eigenvalue weighted by Crippen LogP contribution is -2.54. The molecule has 166 valence electrons. The molecule has 0 atom stereocenters. The number of hydrogen-bond donors (Lipinski definition) is 2. The summed E-state index contributed by atoms with van der Waals surface area (Å²) in [6.45, 7) is 0.281. The SMILES string of the molecule is O=C1NC(=O)N(c2ccc(O)cc2)C(=O)/C1=C/c1cc(Br)ccc1OCc1ccc(Br)cc1. The molecule has 1 heterocycles. The van der Waals surface area contributed by atoms with E-state index < -0.39 is 17.8 Å². The smallest absolute Gasteiger partial charge is 0.335 e. The zero-order chi connectivity index (χ0) is 23.5. The molecule has 4 amide bonds. The Bertz CT molecular complexity index is 1270. The molecule has 1 aliphatic rings. The number of halogens is 2. The molecule has 4 rings (SSSR count). The first-order valence-electron chi connectivity index (χ1n) is 9.69. The fourth-order valence-electron chi connectivity index (χ4n) is 3.15. The van der Waals surface area contributed by atoms with E-state index in [1.54, 1.807) is 18.2 Å². The molecular weight excluding hydrogens is 556 g/mol. The molecule has 0 saturated carbocycles. The van der Waals surface area contributed by atoms with Crippen molar-refractivity contribution in [3.8, 4) is 11.5 Å². The van der Waals surface area contributed by atoms with Gasteiger partial charge in [-0.15, -0.1) is 0 Å². The molecule has 0 spiro atoms. The number of phenols is 1. The maximum absolute atomic E-state index is 13.1. The molecule has 3 aromatic carbocycles. The van der Waals surface area contributed by atoms with Gasteiger partial charge in [0, 0.05) is 14.5 Å². The Hall–Kier alpha value is -3.43. The van der Waals surface area contributed by atoms with E-state index in [0.29, 0.717) is 11.3 Å². The van der Waals surface area contributed by atoms with Gasteiger partial charge in [0.25, 0.3) is 11.8 Å². The van der Waals surface area contributed by atoms with E-state index in [9.17, 15) is 19.5 Å². The lowest BCUT2D eigenvalue weighted by atomic mass is 10.1. The summed E-state index contributed by atoms with van der Waals surface area (Å²) in [7, 11) is 0. The Morgan fingerprint density at radius 3 is 2.27 bits per heavy atom. The van der Waals surface area contributed by atoms with Gasteiger partial charge in [-0.25, -0.2) is 9.69 Å². The third-order valence-corrected chi connectivity index (χ3v) is 5.81. The van der Waals surface area contributed by atoms with Gasteiger partial charge in [-0.1, -0.05) is 44.0 Å². The summed E-state index contributed by atoms with van der Waals surface area (Å²) in [6, 6.07) is 17.5. The van der Waals surface area contributed by atoms with Crippen LogP contribution in [0.1, 0.15) is 11.1 Å². The number of carbonyl (C=O) groups excluding carboxylic acids is 3. The van der Waals surface area contributed by atoms with Gasteiger partial charge in [-0.05, 0) is 66.2 Å². The third kappa shape index (κ3) is 5.15. The van der Waals surface area contributed by atoms with Gasteiger partial charge in [0.05, 0.1) is 5.69 Å². The minimum Gasteiger partial charge on any atom is -0.508 e. The highest BCUT2D eigenvalue weighted by molar-refractivity contribution is 9.10. The van der Waals surface area contributed by atoms with E-state index in [0.717, 1.165) is 19.4 Å². The quantitative estimate of drug-likeness (QED) is 0.326. The highest BCUT2D eigenvalue weighted by Gasteiger charge is 2.37. The highest BCUT2D eigenvalue weighted by Crippen LogP contribution is 2.29. The van der Waals surface area contributed by atoms with Crippen molar-refractivity contribution in [2.45, 2.75) is 6.61 Å². The van der Waals surface area contributed by atoms with Crippen LogP contribution >= 0.6 is 31.9 Å². The van der Waals surface area contributed by atoms with Crippen molar-refractivity contribution >= 4 is 61.5 Å². The number of benzene rings is 3. The fraction of sp³-hybridized carbons (Fsp3) is 0.0417. The Kier molecular flexibility index (Phi) is 6.62. The van der Waals surface area contributed by atoms with Crippen molar-refractivity contribution in [3.05, 3.63) is 92.4 Å². The van der Waals surface area contributed by atoms with E-state index in [2.05, 4.69) is 37.2 Å². The lowest BCUT2D eigenvalue weighted by molar-refractivity contribution is -0.122. The van der Waals surface area contributed by atoms with E-state index in [1.165, 1.54) is 30.3 Å². The van der Waals surface area contributed by atoms with Crippen molar-refractivity contribution in [1.29, 1.82) is 0 Å². The first-order valence-corrected chi connectivity index (χ1v) is 11.3. The van der Waals surface area contributed by atoms with Crippen LogP contribution in [0.15, 0.2) is 81.2 Å². The van der Waals surface area contributed by atoms with E-state index >= 15 is 0 Å². The number of hydrogen-bond acceptors (Lipinski definition) is 5. The first-order chi connectivity index (χ1) is 15.8. The van der Waals surface area contributed by atoms with Crippen LogP contribution in [-0.4, -0.2) is 23.0 Å². The molecule has 0 radical (unpaired) electrons. The number of aromatic hydroxyl groups is 1. The number of ether oxygens (including phenoxy) is 1. The summed E-state index contributed by atoms with van der Waals surface area (Å²) in [6.07, 6.45) is 1.39. The maximum atomic E-state index is 13.1. The molecular formula is C24H16Br2N2O5. The summed E-state index contributed by atoms with van der Waals surface area (Å²) in [5, 5.41) is 11.7. The van der Waals surface area contributed by atoms with Gasteiger partial charge >= 0.3 is 6.03 Å². The van der Waals surface area contributed by atoms with Crippen molar-refractivity contribution < 1.29 is 24.2 Å². The van der Waals surface area contributed by atoms with Crippen LogP contribution in [0.4, 0.5) is 10.5 Å². The molecule has 1 fully saturated rings. The van der Waals surface area contributed by atoms with E-state index in [1.807, 2.05) is 24.3 Å². The molecule has 1 aliphatic heterocycles. The Balaban J connectivity index is 1.66. The largest absolute Gasteiger partial charge is 0.508 e. The lowest BCUT2D eigenvalue weighted by Gasteiger charge is -2.26. The van der Waals surface area contributed by atoms with Gasteiger partial charge in [0.15, 0.2) is 0 Å². The van der Waals surface area contributed by atoms with Crippen LogP contribution in [0.3, 0.4) is 0 Å². The van der Waals surface area contributed by atoms with Gasteiger partial charge in [0.1, 0.15) is 23.7 Å². The average molecular weight is 572 g/mol. The number of nitrogens with zero attached hydrogens (tertiary/aromatic N) is 1. The van der Waals surface area contributed by atoms with Gasteiger partial charge in [-0.3, -0.25) is 14.9 Å². The highest BCUT2D eigenvalue weighted by atomic mass is 79.9. The number of amides is 4. The predicted molar refractivity (Wildman–Crippen MR) is 130 cm³/mol. The predicted octanol–water partition coefficient (Wildman–Crippen LogP) is 5.16. The maximum Gasteiger partial charge on any atom is 0.335 e. The zero-order valence-corrected chi connectivity index (χ0v) is 20.1. The summed E-state index contributed by atoms with van der Waals surface area (Å²) in [4.78, 5) is 38.8. The minimum atomic E-state index is -0.867. The Morgan fingerprint density at radius 1 is 0.909 bits per heavy atom. The standard InChI is InChI=1S/C24H16Br2N2O5/c25-16-3-1-14(2-4-16)13-33-21-10-5-17(26)11-15(21)12-20-22(30)27-24(32)28(23(20)31)18-6-8-19(29)9-7-18/h1-12,29H,13H2,(H,27,30,32)/b20-12+. The number of carbonyl (C=O) groups is 3. The number of nitrogens with one attached hydrogen (secondary N) is 1. The molecule has 33 heavy (non-hydrogen) atoms. The van der Waals surface area contributed by atoms with Crippen molar-refractivity contribution in [2.24, 2.45) is 0 Å². The van der Waals surface area contributed by atoms with E-state index in [-0.39, 0.29) is 23.6 Å². The summed E-state index contributed by atoms with van der Waals surface area (Å²) in [5.74, 6) is -1.15. The number of urea groups is 1. The second kappa shape index (κ2) is 9.60.